The van der Waals surface area contributed by atoms with Crippen molar-refractivity contribution in [2.45, 2.75) is 45.6 Å². The highest BCUT2D eigenvalue weighted by molar-refractivity contribution is 7.95. The maximum Gasteiger partial charge on any atom is 0.0785 e. The molecule has 0 spiro atoms. The second kappa shape index (κ2) is 8.97. The maximum absolute atomic E-state index is 5.98. The molecule has 1 rings (SSSR count). The Morgan fingerprint density at radius 1 is 1.47 bits per heavy atom. The topological polar surface area (TPSA) is 33.3 Å². The van der Waals surface area contributed by atoms with Crippen molar-refractivity contribution in [1.82, 2.24) is 9.44 Å². The zero-order chi connectivity index (χ0) is 12.5. The summed E-state index contributed by atoms with van der Waals surface area (Å²) in [5.41, 5.74) is 1.50. The van der Waals surface area contributed by atoms with Crippen LogP contribution >= 0.6 is 12.1 Å². The van der Waals surface area contributed by atoms with Gasteiger partial charge in [0.05, 0.1) is 6.10 Å². The second-order valence-electron chi connectivity index (χ2n) is 4.66. The van der Waals surface area contributed by atoms with E-state index in [2.05, 4.69) is 29.4 Å². The van der Waals surface area contributed by atoms with Crippen LogP contribution in [0.4, 0.5) is 0 Å². The van der Waals surface area contributed by atoms with Crippen molar-refractivity contribution >= 4 is 12.1 Å². The van der Waals surface area contributed by atoms with Gasteiger partial charge in [-0.05, 0) is 51.1 Å². The predicted octanol–water partition coefficient (Wildman–Crippen LogP) is 2.90. The van der Waals surface area contributed by atoms with Crippen LogP contribution in [0.1, 0.15) is 39.5 Å². The van der Waals surface area contributed by atoms with Gasteiger partial charge in [-0.25, -0.2) is 0 Å². The predicted molar refractivity (Wildman–Crippen MR) is 75.8 cm³/mol. The third-order valence-corrected chi connectivity index (χ3v) is 3.76. The van der Waals surface area contributed by atoms with E-state index in [1.165, 1.54) is 37.0 Å². The van der Waals surface area contributed by atoms with Gasteiger partial charge in [0.1, 0.15) is 0 Å². The molecule has 0 saturated heterocycles. The molecule has 100 valence electrons. The van der Waals surface area contributed by atoms with Crippen molar-refractivity contribution in [3.63, 3.8) is 0 Å². The summed E-state index contributed by atoms with van der Waals surface area (Å²) in [4.78, 5) is 0. The Hall–Kier alpha value is -0.0300. The molecule has 4 heteroatoms. The molecular formula is C13H26N2OS. The lowest BCUT2D eigenvalue weighted by atomic mass is 9.84. The van der Waals surface area contributed by atoms with Gasteiger partial charge in [-0.2, -0.15) is 0 Å². The van der Waals surface area contributed by atoms with Crippen LogP contribution in [0.2, 0.25) is 0 Å². The second-order valence-corrected chi connectivity index (χ2v) is 5.56. The average molecular weight is 258 g/mol. The molecule has 1 aliphatic carbocycles. The lowest BCUT2D eigenvalue weighted by Crippen LogP contribution is -2.24. The Balaban J connectivity index is 2.13. The lowest BCUT2D eigenvalue weighted by Gasteiger charge is -2.29. The molecule has 0 aromatic heterocycles. The fourth-order valence-corrected chi connectivity index (χ4v) is 2.64. The van der Waals surface area contributed by atoms with Gasteiger partial charge in [0, 0.05) is 25.3 Å². The molecule has 0 aromatic carbocycles. The van der Waals surface area contributed by atoms with E-state index in [0.29, 0.717) is 6.10 Å². The minimum Gasteiger partial charge on any atom is -0.374 e. The van der Waals surface area contributed by atoms with Crippen LogP contribution in [-0.4, -0.2) is 26.3 Å². The molecule has 0 amide bonds. The van der Waals surface area contributed by atoms with E-state index >= 15 is 0 Å². The van der Waals surface area contributed by atoms with Gasteiger partial charge in [-0.1, -0.05) is 13.0 Å². The number of nitrogens with one attached hydrogen (secondary N) is 2. The minimum atomic E-state index is 0.383. The van der Waals surface area contributed by atoms with Crippen molar-refractivity contribution in [3.05, 3.63) is 11.6 Å². The van der Waals surface area contributed by atoms with Crippen LogP contribution in [0, 0.1) is 5.92 Å². The molecule has 17 heavy (non-hydrogen) atoms. The van der Waals surface area contributed by atoms with Crippen molar-refractivity contribution in [3.8, 4) is 0 Å². The summed E-state index contributed by atoms with van der Waals surface area (Å²) in [6.45, 7) is 6.31. The van der Waals surface area contributed by atoms with Gasteiger partial charge < -0.3 is 4.74 Å². The van der Waals surface area contributed by atoms with E-state index < -0.39 is 0 Å². The van der Waals surface area contributed by atoms with Crippen molar-refractivity contribution in [1.29, 1.82) is 0 Å². The SMILES string of the molecule is C/C=C1\CC(C)CCC1OCCCNSNC. The summed E-state index contributed by atoms with van der Waals surface area (Å²) < 4.78 is 12.2. The molecule has 0 aromatic rings. The summed E-state index contributed by atoms with van der Waals surface area (Å²) in [6, 6.07) is 0. The molecule has 2 unspecified atom stereocenters. The highest BCUT2D eigenvalue weighted by Gasteiger charge is 2.22. The third kappa shape index (κ3) is 5.91. The first-order valence-electron chi connectivity index (χ1n) is 6.60. The molecule has 2 N–H and O–H groups in total. The minimum absolute atomic E-state index is 0.383. The molecule has 0 aliphatic heterocycles. The molecule has 0 radical (unpaired) electrons. The van der Waals surface area contributed by atoms with Gasteiger partial charge in [-0.15, -0.1) is 0 Å². The third-order valence-electron chi connectivity index (χ3n) is 3.21. The van der Waals surface area contributed by atoms with Gasteiger partial charge in [0.25, 0.3) is 0 Å². The fraction of sp³-hybridized carbons (Fsp3) is 0.846. The van der Waals surface area contributed by atoms with E-state index in [1.54, 1.807) is 0 Å². The number of rotatable bonds is 7. The highest BCUT2D eigenvalue weighted by Crippen LogP contribution is 2.30. The number of hydrogen-bond donors (Lipinski definition) is 2. The molecule has 2 atom stereocenters. The van der Waals surface area contributed by atoms with Crippen LogP contribution < -0.4 is 9.44 Å². The first-order chi connectivity index (χ1) is 8.27. The van der Waals surface area contributed by atoms with Crippen LogP contribution in [0.25, 0.3) is 0 Å². The summed E-state index contributed by atoms with van der Waals surface area (Å²) in [5, 5.41) is 0. The molecular weight excluding hydrogens is 232 g/mol. The van der Waals surface area contributed by atoms with E-state index in [-0.39, 0.29) is 0 Å². The largest absolute Gasteiger partial charge is 0.374 e. The van der Waals surface area contributed by atoms with Gasteiger partial charge in [0.2, 0.25) is 0 Å². The molecule has 0 heterocycles. The molecule has 1 saturated carbocycles. The lowest BCUT2D eigenvalue weighted by molar-refractivity contribution is 0.0530. The van der Waals surface area contributed by atoms with Crippen LogP contribution in [0.3, 0.4) is 0 Å². The highest BCUT2D eigenvalue weighted by atomic mass is 32.2. The molecule has 1 fully saturated rings. The van der Waals surface area contributed by atoms with Crippen molar-refractivity contribution in [2.75, 3.05) is 20.2 Å². The van der Waals surface area contributed by atoms with Gasteiger partial charge >= 0.3 is 0 Å². The van der Waals surface area contributed by atoms with Crippen LogP contribution in [-0.2, 0) is 4.74 Å². The van der Waals surface area contributed by atoms with E-state index in [1.807, 2.05) is 7.05 Å². The van der Waals surface area contributed by atoms with E-state index in [4.69, 9.17) is 4.74 Å². The van der Waals surface area contributed by atoms with Gasteiger partial charge in [-0.3, -0.25) is 9.44 Å². The van der Waals surface area contributed by atoms with Gasteiger partial charge in [0.15, 0.2) is 0 Å². The van der Waals surface area contributed by atoms with E-state index in [9.17, 15) is 0 Å². The van der Waals surface area contributed by atoms with Crippen LogP contribution in [0.5, 0.6) is 0 Å². The standard InChI is InChI=1S/C13H26N2OS/c1-4-12-10-11(2)6-7-13(12)16-9-5-8-15-17-14-3/h4,11,13-15H,5-10H2,1-3H3/b12-4+. The first kappa shape index (κ1) is 15.0. The average Bonchev–Trinajstić information content (AvgIpc) is 2.35. The Morgan fingerprint density at radius 2 is 2.29 bits per heavy atom. The van der Waals surface area contributed by atoms with Crippen molar-refractivity contribution in [2.24, 2.45) is 5.92 Å². The number of allylic oxidation sites excluding steroid dienone is 1. The zero-order valence-corrected chi connectivity index (χ0v) is 12.1. The smallest absolute Gasteiger partial charge is 0.0785 e. The Labute approximate surface area is 110 Å². The maximum atomic E-state index is 5.98. The van der Waals surface area contributed by atoms with Crippen molar-refractivity contribution < 1.29 is 4.74 Å². The Bertz CT molecular complexity index is 233. The molecule has 1 aliphatic rings. The van der Waals surface area contributed by atoms with Crippen LogP contribution in [0.15, 0.2) is 11.6 Å². The Kier molecular flexibility index (Phi) is 7.93. The quantitative estimate of drug-likeness (QED) is 0.418. The summed E-state index contributed by atoms with van der Waals surface area (Å²) in [5.74, 6) is 0.828. The fourth-order valence-electron chi connectivity index (χ4n) is 2.24. The number of hydrogen-bond acceptors (Lipinski definition) is 4. The molecule has 3 nitrogen and oxygen atoms in total. The summed E-state index contributed by atoms with van der Waals surface area (Å²) in [6.07, 6.45) is 7.41. The zero-order valence-electron chi connectivity index (χ0n) is 11.3. The normalized spacial score (nSPS) is 27.6. The summed E-state index contributed by atoms with van der Waals surface area (Å²) in [7, 11) is 1.91. The monoisotopic (exact) mass is 258 g/mol. The Morgan fingerprint density at radius 3 is 3.00 bits per heavy atom. The first-order valence-corrected chi connectivity index (χ1v) is 7.41. The molecule has 0 bridgehead atoms. The number of ether oxygens (including phenoxy) is 1. The summed E-state index contributed by atoms with van der Waals surface area (Å²) >= 11 is 1.53. The van der Waals surface area contributed by atoms with E-state index in [0.717, 1.165) is 25.5 Å².